The number of oxime groups is 1. The van der Waals surface area contributed by atoms with Crippen LogP contribution in [0.1, 0.15) is 33.1 Å². The molecule has 2 unspecified atom stereocenters. The Kier molecular flexibility index (Phi) is 1.60. The standard InChI is InChI=1S/C9H14BrNO/c1-8(2)6-3-4-9(10,5-6)7(8)11-12/h6,12H,3-5H2,1-2H3/b11-7-. The highest BCUT2D eigenvalue weighted by Gasteiger charge is 2.59. The lowest BCUT2D eigenvalue weighted by Crippen LogP contribution is -2.37. The molecule has 2 saturated carbocycles. The van der Waals surface area contributed by atoms with Gasteiger partial charge in [0.25, 0.3) is 0 Å². The van der Waals surface area contributed by atoms with E-state index in [-0.39, 0.29) is 9.74 Å². The molecular weight excluding hydrogens is 218 g/mol. The summed E-state index contributed by atoms with van der Waals surface area (Å²) in [5, 5.41) is 12.4. The molecule has 1 N–H and O–H groups in total. The smallest absolute Gasteiger partial charge is 0.0796 e. The average Bonchev–Trinajstić information content (AvgIpc) is 2.39. The number of halogens is 1. The van der Waals surface area contributed by atoms with Crippen molar-refractivity contribution in [1.82, 2.24) is 0 Å². The maximum absolute atomic E-state index is 8.95. The van der Waals surface area contributed by atoms with Crippen LogP contribution >= 0.6 is 15.9 Å². The molecule has 2 aliphatic rings. The van der Waals surface area contributed by atoms with Crippen LogP contribution in [-0.4, -0.2) is 15.2 Å². The Labute approximate surface area is 81.2 Å². The summed E-state index contributed by atoms with van der Waals surface area (Å²) in [4.78, 5) is 0. The second-order valence-electron chi connectivity index (χ2n) is 4.58. The number of alkyl halides is 1. The Hall–Kier alpha value is -0.0500. The van der Waals surface area contributed by atoms with Crippen molar-refractivity contribution >= 4 is 21.6 Å². The van der Waals surface area contributed by atoms with Gasteiger partial charge in [-0.3, -0.25) is 0 Å². The minimum absolute atomic E-state index is 0.0237. The van der Waals surface area contributed by atoms with Gasteiger partial charge in [0.05, 0.1) is 10.0 Å². The zero-order valence-corrected chi connectivity index (χ0v) is 9.06. The Balaban J connectivity index is 2.45. The summed E-state index contributed by atoms with van der Waals surface area (Å²) in [6, 6.07) is 0. The molecule has 0 amide bonds. The van der Waals surface area contributed by atoms with Gasteiger partial charge >= 0.3 is 0 Å². The quantitative estimate of drug-likeness (QED) is 0.388. The molecule has 2 rings (SSSR count). The van der Waals surface area contributed by atoms with E-state index in [0.29, 0.717) is 5.92 Å². The van der Waals surface area contributed by atoms with Crippen molar-refractivity contribution in [2.45, 2.75) is 37.4 Å². The van der Waals surface area contributed by atoms with Crippen molar-refractivity contribution in [3.05, 3.63) is 0 Å². The largest absolute Gasteiger partial charge is 0.411 e. The first-order valence-electron chi connectivity index (χ1n) is 4.42. The predicted octanol–water partition coefficient (Wildman–Crippen LogP) is 2.79. The second-order valence-corrected chi connectivity index (χ2v) is 6.09. The van der Waals surface area contributed by atoms with Gasteiger partial charge in [0, 0.05) is 5.41 Å². The van der Waals surface area contributed by atoms with Crippen LogP contribution < -0.4 is 0 Å². The van der Waals surface area contributed by atoms with E-state index in [1.54, 1.807) is 0 Å². The van der Waals surface area contributed by atoms with Crippen LogP contribution in [0.5, 0.6) is 0 Å². The first kappa shape index (κ1) is 8.54. The van der Waals surface area contributed by atoms with Gasteiger partial charge in [0.1, 0.15) is 0 Å². The Morgan fingerprint density at radius 1 is 1.58 bits per heavy atom. The third-order valence-corrected chi connectivity index (χ3v) is 4.71. The average molecular weight is 232 g/mol. The van der Waals surface area contributed by atoms with Crippen LogP contribution in [0.3, 0.4) is 0 Å². The van der Waals surface area contributed by atoms with Crippen LogP contribution in [0.2, 0.25) is 0 Å². The molecule has 12 heavy (non-hydrogen) atoms. The van der Waals surface area contributed by atoms with E-state index < -0.39 is 0 Å². The number of rotatable bonds is 0. The third kappa shape index (κ3) is 0.832. The maximum atomic E-state index is 8.95. The molecule has 2 nitrogen and oxygen atoms in total. The van der Waals surface area contributed by atoms with Gasteiger partial charge < -0.3 is 5.21 Å². The van der Waals surface area contributed by atoms with E-state index in [9.17, 15) is 0 Å². The van der Waals surface area contributed by atoms with Gasteiger partial charge in [-0.05, 0) is 25.2 Å². The number of hydrogen-bond acceptors (Lipinski definition) is 2. The summed E-state index contributed by atoms with van der Waals surface area (Å²) in [5.74, 6) is 0.697. The van der Waals surface area contributed by atoms with Crippen LogP contribution in [0.4, 0.5) is 0 Å². The monoisotopic (exact) mass is 231 g/mol. The van der Waals surface area contributed by atoms with E-state index in [1.165, 1.54) is 6.42 Å². The fourth-order valence-electron chi connectivity index (χ4n) is 2.82. The van der Waals surface area contributed by atoms with Crippen molar-refractivity contribution in [3.63, 3.8) is 0 Å². The van der Waals surface area contributed by atoms with E-state index >= 15 is 0 Å². The van der Waals surface area contributed by atoms with Gasteiger partial charge in [0.2, 0.25) is 0 Å². The number of hydrogen-bond donors (Lipinski definition) is 1. The van der Waals surface area contributed by atoms with Crippen molar-refractivity contribution in [2.75, 3.05) is 0 Å². The zero-order chi connectivity index (χ0) is 8.98. The highest BCUT2D eigenvalue weighted by molar-refractivity contribution is 9.10. The van der Waals surface area contributed by atoms with Crippen LogP contribution in [-0.2, 0) is 0 Å². The zero-order valence-electron chi connectivity index (χ0n) is 7.47. The highest BCUT2D eigenvalue weighted by atomic mass is 79.9. The summed E-state index contributed by atoms with van der Waals surface area (Å²) >= 11 is 3.70. The molecule has 0 aromatic rings. The van der Waals surface area contributed by atoms with E-state index in [4.69, 9.17) is 5.21 Å². The Morgan fingerprint density at radius 2 is 2.25 bits per heavy atom. The van der Waals surface area contributed by atoms with Crippen molar-refractivity contribution in [3.8, 4) is 0 Å². The van der Waals surface area contributed by atoms with Crippen molar-refractivity contribution in [1.29, 1.82) is 0 Å². The van der Waals surface area contributed by atoms with Gasteiger partial charge in [-0.1, -0.05) is 34.9 Å². The Morgan fingerprint density at radius 3 is 2.58 bits per heavy atom. The molecule has 0 saturated heterocycles. The first-order chi connectivity index (χ1) is 5.50. The summed E-state index contributed by atoms with van der Waals surface area (Å²) in [6.07, 6.45) is 3.52. The van der Waals surface area contributed by atoms with E-state index in [1.807, 2.05) is 0 Å². The molecule has 2 fully saturated rings. The molecule has 3 heteroatoms. The molecule has 0 aromatic heterocycles. The van der Waals surface area contributed by atoms with Gasteiger partial charge in [-0.25, -0.2) is 0 Å². The first-order valence-corrected chi connectivity index (χ1v) is 5.22. The fraction of sp³-hybridized carbons (Fsp3) is 0.889. The molecule has 2 atom stereocenters. The lowest BCUT2D eigenvalue weighted by Gasteiger charge is -2.32. The van der Waals surface area contributed by atoms with Crippen LogP contribution in [0.15, 0.2) is 5.16 Å². The molecule has 2 aliphatic carbocycles. The maximum Gasteiger partial charge on any atom is 0.0796 e. The van der Waals surface area contributed by atoms with Gasteiger partial charge in [-0.2, -0.15) is 0 Å². The molecule has 0 aliphatic heterocycles. The van der Waals surface area contributed by atoms with Crippen molar-refractivity contribution in [2.24, 2.45) is 16.5 Å². The molecular formula is C9H14BrNO. The normalized spacial score (nSPS) is 47.2. The molecule has 0 spiro atoms. The summed E-state index contributed by atoms with van der Waals surface area (Å²) < 4.78 is 0.0237. The fourth-order valence-corrected chi connectivity index (χ4v) is 4.03. The third-order valence-electron chi connectivity index (χ3n) is 3.61. The predicted molar refractivity (Wildman–Crippen MR) is 52.0 cm³/mol. The Bertz CT molecular complexity index is 242. The molecule has 0 radical (unpaired) electrons. The summed E-state index contributed by atoms with van der Waals surface area (Å²) in [6.45, 7) is 4.35. The minimum Gasteiger partial charge on any atom is -0.411 e. The van der Waals surface area contributed by atoms with Gasteiger partial charge in [-0.15, -0.1) is 0 Å². The lowest BCUT2D eigenvalue weighted by molar-refractivity contribution is 0.286. The minimum atomic E-state index is 0.0237. The number of fused-ring (bicyclic) bond motifs is 2. The van der Waals surface area contributed by atoms with E-state index in [0.717, 1.165) is 18.6 Å². The number of nitrogens with zero attached hydrogens (tertiary/aromatic N) is 1. The summed E-state index contributed by atoms with van der Waals surface area (Å²) in [5.41, 5.74) is 1.04. The highest BCUT2D eigenvalue weighted by Crippen LogP contribution is 2.59. The van der Waals surface area contributed by atoms with E-state index in [2.05, 4.69) is 34.9 Å². The SMILES string of the molecule is CC1(C)/C(=N/O)C2(Br)CCC1C2. The topological polar surface area (TPSA) is 32.6 Å². The molecule has 2 bridgehead atoms. The van der Waals surface area contributed by atoms with Crippen LogP contribution in [0, 0.1) is 11.3 Å². The lowest BCUT2D eigenvalue weighted by atomic mass is 9.75. The van der Waals surface area contributed by atoms with Crippen LogP contribution in [0.25, 0.3) is 0 Å². The van der Waals surface area contributed by atoms with Crippen molar-refractivity contribution < 1.29 is 5.21 Å². The molecule has 68 valence electrons. The van der Waals surface area contributed by atoms with Gasteiger partial charge in [0.15, 0.2) is 0 Å². The summed E-state index contributed by atoms with van der Waals surface area (Å²) in [7, 11) is 0. The second kappa shape index (κ2) is 2.25. The molecule has 0 heterocycles. The molecule has 0 aromatic carbocycles.